The summed E-state index contributed by atoms with van der Waals surface area (Å²) in [6, 6.07) is -0.778. The molecule has 20 nitrogen and oxygen atoms in total. The Morgan fingerprint density at radius 2 is 1.83 bits per heavy atom. The number of fused-ring (bicyclic) bond motifs is 2. The van der Waals surface area contributed by atoms with Gasteiger partial charge in [-0.1, -0.05) is 0 Å². The van der Waals surface area contributed by atoms with Crippen LogP contribution in [0, 0.1) is 18.3 Å². The normalized spacial score (nSPS) is 42.9. The summed E-state index contributed by atoms with van der Waals surface area (Å²) < 4.78 is 52.2. The van der Waals surface area contributed by atoms with E-state index in [9.17, 15) is 24.3 Å². The van der Waals surface area contributed by atoms with Crippen molar-refractivity contribution in [3.05, 3.63) is 35.2 Å². The van der Waals surface area contributed by atoms with Gasteiger partial charge in [0.15, 0.2) is 28.9 Å². The molecule has 2 saturated carbocycles. The molecule has 2 unspecified atom stereocenters. The molecule has 5 aliphatic rings. The van der Waals surface area contributed by atoms with E-state index in [1.807, 2.05) is 0 Å². The fourth-order valence-corrected chi connectivity index (χ4v) is 10.2. The van der Waals surface area contributed by atoms with Crippen LogP contribution in [0.1, 0.15) is 24.5 Å². The molecule has 0 aromatic carbocycles. The lowest BCUT2D eigenvalue weighted by Gasteiger charge is -2.35. The Hall–Kier alpha value is -2.78. The number of aryl methyl sites for hydroxylation is 1. The summed E-state index contributed by atoms with van der Waals surface area (Å²) in [5.74, 6) is 0.0768. The average Bonchev–Trinajstić information content (AvgIpc) is 3.43. The van der Waals surface area contributed by atoms with E-state index < -0.39 is 80.3 Å². The van der Waals surface area contributed by atoms with Crippen molar-refractivity contribution in [2.45, 2.75) is 55.6 Å². The fourth-order valence-electron chi connectivity index (χ4n) is 7.60. The smallest absolute Gasteiger partial charge is 0.388 e. The van der Waals surface area contributed by atoms with Gasteiger partial charge in [0, 0.05) is 5.41 Å². The van der Waals surface area contributed by atoms with Crippen LogP contribution in [0.25, 0.3) is 22.3 Å². The van der Waals surface area contributed by atoms with Crippen molar-refractivity contribution in [3.8, 4) is 0 Å². The number of aliphatic hydroxyl groups is 1. The van der Waals surface area contributed by atoms with Crippen molar-refractivity contribution in [2.24, 2.45) is 11.3 Å². The number of hydrogen-bond donors (Lipinski definition) is 5. The van der Waals surface area contributed by atoms with Crippen LogP contribution < -0.4 is 11.3 Å². The maximum Gasteiger partial charge on any atom is 0.472 e. The van der Waals surface area contributed by atoms with E-state index in [1.165, 1.54) is 19.0 Å². The number of phosphoric ester groups is 1. The molecule has 4 aromatic heterocycles. The Labute approximate surface area is 268 Å². The third-order valence-electron chi connectivity index (χ3n) is 9.79. The van der Waals surface area contributed by atoms with E-state index in [4.69, 9.17) is 45.1 Å². The Balaban J connectivity index is 1.05. The molecule has 4 aromatic rings. The predicted octanol–water partition coefficient (Wildman–Crippen LogP) is -0.427. The molecule has 250 valence electrons. The summed E-state index contributed by atoms with van der Waals surface area (Å²) in [7, 11) is -4.91. The van der Waals surface area contributed by atoms with E-state index in [0.717, 1.165) is 0 Å². The molecule has 11 atom stereocenters. The van der Waals surface area contributed by atoms with E-state index in [-0.39, 0.29) is 30.2 Å². The first-order chi connectivity index (χ1) is 22.3. The highest BCUT2D eigenvalue weighted by atomic mass is 32.5. The molecule has 2 bridgehead atoms. The van der Waals surface area contributed by atoms with Gasteiger partial charge < -0.3 is 44.2 Å². The lowest BCUT2D eigenvalue weighted by Crippen LogP contribution is -2.46. The third kappa shape index (κ3) is 4.40. The van der Waals surface area contributed by atoms with Crippen LogP contribution in [0.5, 0.6) is 0 Å². The van der Waals surface area contributed by atoms with Gasteiger partial charge in [0.25, 0.3) is 5.56 Å². The van der Waals surface area contributed by atoms with E-state index in [1.54, 1.807) is 16.1 Å². The number of nitrogens with zero attached hydrogens (tertiary/aromatic N) is 7. The average molecular weight is 712 g/mol. The number of imidazole rings is 2. The summed E-state index contributed by atoms with van der Waals surface area (Å²) in [6.07, 6.45) is -1.27. The van der Waals surface area contributed by atoms with Crippen LogP contribution in [0.15, 0.2) is 23.8 Å². The summed E-state index contributed by atoms with van der Waals surface area (Å²) in [4.78, 5) is 58.5. The number of nitrogens with two attached hydrogens (primary N) is 1. The number of rotatable bonds is 2. The molecule has 6 N–H and O–H groups in total. The minimum atomic E-state index is -4.91. The minimum Gasteiger partial charge on any atom is -0.388 e. The molecule has 0 radical (unpaired) electrons. The number of nitrogens with one attached hydrogen (secondary N) is 1. The van der Waals surface area contributed by atoms with Gasteiger partial charge in [0.05, 0.1) is 38.5 Å². The maximum atomic E-state index is 13.6. The second-order valence-electron chi connectivity index (χ2n) is 12.5. The van der Waals surface area contributed by atoms with Gasteiger partial charge >= 0.3 is 14.5 Å². The number of aromatic amines is 1. The molecular weight excluding hydrogens is 684 g/mol. The van der Waals surface area contributed by atoms with Crippen LogP contribution >= 0.6 is 14.5 Å². The Morgan fingerprint density at radius 1 is 1.04 bits per heavy atom. The first-order valence-electron chi connectivity index (χ1n) is 14.5. The molecule has 0 amide bonds. The molecular formula is C24H27N9O11P2S. The van der Waals surface area contributed by atoms with Gasteiger partial charge in [0.2, 0.25) is 0 Å². The van der Waals surface area contributed by atoms with Gasteiger partial charge in [0.1, 0.15) is 47.7 Å². The molecule has 2 aliphatic carbocycles. The second-order valence-corrected chi connectivity index (χ2v) is 16.7. The van der Waals surface area contributed by atoms with Crippen LogP contribution in [-0.4, -0.2) is 104 Å². The number of hydrogen-bond acceptors (Lipinski definition) is 16. The highest BCUT2D eigenvalue weighted by molar-refractivity contribution is 8.07. The standard InChI is InChI=1S/C24H27N9O11P2S/c1-9-30-20-12(21(35)31-9)29-7-32(20)13-10-2-23(10)3-41-46(38,47)44-17-15-22(33-8-28-11-18(25)26-6-27-19(11)33)42-24(17,4-39-15)5-40-45(36,37)43-16(23)14(13)34/h6-8,10,13-17,22,34H,2-5H2,1H3,(H,36,37)(H,38,47)(H2,25,26,27)(H,30,31,35)/t10-,13-,14+,15-,16+,17+,22-,23-,24-,46?/m1/s1. The Bertz CT molecular complexity index is 2130. The fraction of sp³-hybridized carbons (Fsp3) is 0.583. The van der Waals surface area contributed by atoms with Crippen molar-refractivity contribution < 1.29 is 47.0 Å². The topological polar surface area (TPSA) is 266 Å². The number of nitrogen functional groups attached to an aromatic ring is 1. The van der Waals surface area contributed by atoms with Crippen LogP contribution in [0.4, 0.5) is 5.82 Å². The van der Waals surface area contributed by atoms with Crippen LogP contribution in [0.2, 0.25) is 0 Å². The summed E-state index contributed by atoms with van der Waals surface area (Å²) in [5, 5.41) is 11.6. The van der Waals surface area contributed by atoms with Crippen molar-refractivity contribution in [3.63, 3.8) is 0 Å². The summed E-state index contributed by atoms with van der Waals surface area (Å²) in [6.45, 7) is -3.48. The van der Waals surface area contributed by atoms with E-state index in [2.05, 4.69) is 29.9 Å². The summed E-state index contributed by atoms with van der Waals surface area (Å²) >= 11 is 5.46. The second kappa shape index (κ2) is 9.90. The van der Waals surface area contributed by atoms with E-state index >= 15 is 0 Å². The molecule has 47 heavy (non-hydrogen) atoms. The molecule has 5 fully saturated rings. The molecule has 9 rings (SSSR count). The van der Waals surface area contributed by atoms with Gasteiger partial charge in [-0.05, 0) is 31.1 Å². The van der Waals surface area contributed by atoms with E-state index in [0.29, 0.717) is 23.4 Å². The zero-order chi connectivity index (χ0) is 32.7. The number of H-pyrrole nitrogens is 1. The van der Waals surface area contributed by atoms with Gasteiger partial charge in [-0.25, -0.2) is 29.5 Å². The number of ether oxygens (including phenoxy) is 2. The van der Waals surface area contributed by atoms with Gasteiger partial charge in [-0.3, -0.25) is 22.9 Å². The highest BCUT2D eigenvalue weighted by Crippen LogP contribution is 2.72. The van der Waals surface area contributed by atoms with Crippen molar-refractivity contribution in [1.82, 2.24) is 39.0 Å². The SMILES string of the molecule is Cc1nc2c(ncn2[C@H]2[C@H](O)[C@@H]3OP(=O)(O)OC[C@@]45CO[C@@H]([C@H](n6cnc7c(N)ncnc76)O4)[C@@H]5OP(O)(=S)OC[C@@]34C[C@H]24)c(=O)[nH]1. The van der Waals surface area contributed by atoms with Crippen molar-refractivity contribution in [1.29, 1.82) is 0 Å². The lowest BCUT2D eigenvalue weighted by atomic mass is 10.0. The number of phosphoric acid groups is 1. The van der Waals surface area contributed by atoms with Crippen LogP contribution in [0.3, 0.4) is 0 Å². The van der Waals surface area contributed by atoms with Gasteiger partial charge in [-0.15, -0.1) is 0 Å². The first-order valence-corrected chi connectivity index (χ1v) is 18.6. The predicted molar refractivity (Wildman–Crippen MR) is 159 cm³/mol. The zero-order valence-electron chi connectivity index (χ0n) is 24.2. The molecule has 3 saturated heterocycles. The quantitative estimate of drug-likeness (QED) is 0.165. The maximum absolute atomic E-state index is 13.6. The number of anilines is 1. The summed E-state index contributed by atoms with van der Waals surface area (Å²) in [5.41, 5.74) is 3.81. The van der Waals surface area contributed by atoms with Crippen molar-refractivity contribution >= 4 is 54.5 Å². The molecule has 1 spiro atoms. The monoisotopic (exact) mass is 711 g/mol. The zero-order valence-corrected chi connectivity index (χ0v) is 26.8. The minimum absolute atomic E-state index is 0.0666. The molecule has 23 heteroatoms. The highest BCUT2D eigenvalue weighted by Gasteiger charge is 2.74. The molecule has 7 heterocycles. The number of aromatic nitrogens is 8. The third-order valence-corrected chi connectivity index (χ3v) is 12.3. The van der Waals surface area contributed by atoms with Gasteiger partial charge in [-0.2, -0.15) is 0 Å². The van der Waals surface area contributed by atoms with Crippen LogP contribution in [-0.2, 0) is 43.9 Å². The Morgan fingerprint density at radius 3 is 2.66 bits per heavy atom. The lowest BCUT2D eigenvalue weighted by molar-refractivity contribution is -0.184. The molecule has 3 aliphatic heterocycles. The van der Waals surface area contributed by atoms with Crippen molar-refractivity contribution in [2.75, 3.05) is 25.6 Å². The first kappa shape index (κ1) is 30.3. The largest absolute Gasteiger partial charge is 0.472 e. The number of aliphatic hydroxyl groups excluding tert-OH is 1. The Kier molecular flexibility index (Phi) is 6.38.